The molecule has 158 valence electrons. The summed E-state index contributed by atoms with van der Waals surface area (Å²) in [6.07, 6.45) is -0.387. The lowest BCUT2D eigenvalue weighted by Crippen LogP contribution is -3.13. The highest BCUT2D eigenvalue weighted by molar-refractivity contribution is 5.91. The van der Waals surface area contributed by atoms with Crippen LogP contribution in [0.4, 0.5) is 13.2 Å². The topological polar surface area (TPSA) is 34.0 Å². The van der Waals surface area contributed by atoms with Crippen molar-refractivity contribution < 1.29 is 27.6 Å². The molecule has 7 heteroatoms. The van der Waals surface area contributed by atoms with Crippen molar-refractivity contribution in [3.63, 3.8) is 0 Å². The van der Waals surface area contributed by atoms with E-state index >= 15 is 0 Å². The predicted octanol–water partition coefficient (Wildman–Crippen LogP) is 2.58. The van der Waals surface area contributed by atoms with E-state index in [4.69, 9.17) is 4.74 Å². The average Bonchev–Trinajstić information content (AvgIpc) is 3.20. The van der Waals surface area contributed by atoms with E-state index < -0.39 is 11.7 Å². The van der Waals surface area contributed by atoms with Crippen molar-refractivity contribution in [1.82, 2.24) is 4.90 Å². The summed E-state index contributed by atoms with van der Waals surface area (Å²) < 4.78 is 43.4. The number of quaternary nitrogens is 1. The molecule has 1 fully saturated rings. The molecule has 0 radical (unpaired) electrons. The van der Waals surface area contributed by atoms with Gasteiger partial charge in [0.15, 0.2) is 0 Å². The highest BCUT2D eigenvalue weighted by Crippen LogP contribution is 2.29. The summed E-state index contributed by atoms with van der Waals surface area (Å²) in [7, 11) is 0. The van der Waals surface area contributed by atoms with E-state index in [1.165, 1.54) is 34.2 Å². The van der Waals surface area contributed by atoms with Crippen LogP contribution in [0.25, 0.3) is 6.08 Å². The Morgan fingerprint density at radius 1 is 1.10 bits per heavy atom. The number of nitrogens with zero attached hydrogens (tertiary/aromatic N) is 1. The Morgan fingerprint density at radius 3 is 2.53 bits per heavy atom. The first-order chi connectivity index (χ1) is 14.4. The van der Waals surface area contributed by atoms with Crippen LogP contribution in [-0.2, 0) is 23.9 Å². The third kappa shape index (κ3) is 4.84. The van der Waals surface area contributed by atoms with Crippen molar-refractivity contribution in [3.05, 3.63) is 70.8 Å². The maximum absolute atomic E-state index is 12.6. The number of rotatable bonds is 4. The number of carbonyl (C=O) groups is 1. The molecule has 2 heterocycles. The minimum atomic E-state index is -4.35. The highest BCUT2D eigenvalue weighted by Gasteiger charge is 2.30. The number of benzene rings is 2. The van der Waals surface area contributed by atoms with Gasteiger partial charge in [0.1, 0.15) is 12.3 Å². The molecule has 2 aliphatic heterocycles. The van der Waals surface area contributed by atoms with Crippen molar-refractivity contribution in [2.45, 2.75) is 19.1 Å². The molecule has 0 bridgehead atoms. The Labute approximate surface area is 173 Å². The molecule has 1 N–H and O–H groups in total. The Hall–Kier alpha value is -2.80. The molecule has 1 amide bonds. The summed E-state index contributed by atoms with van der Waals surface area (Å²) in [4.78, 5) is 15.7. The maximum atomic E-state index is 12.6. The lowest BCUT2D eigenvalue weighted by molar-refractivity contribution is -0.917. The number of amides is 1. The number of nitrogens with one attached hydrogen (secondary N) is 1. The van der Waals surface area contributed by atoms with Gasteiger partial charge in [-0.25, -0.2) is 0 Å². The number of fused-ring (bicyclic) bond motifs is 1. The first-order valence-corrected chi connectivity index (χ1v) is 10.1. The molecule has 1 saturated heterocycles. The van der Waals surface area contributed by atoms with Gasteiger partial charge in [-0.05, 0) is 47.5 Å². The van der Waals surface area contributed by atoms with Gasteiger partial charge in [-0.15, -0.1) is 0 Å². The summed E-state index contributed by atoms with van der Waals surface area (Å²) in [6, 6.07) is 11.2. The summed E-state index contributed by atoms with van der Waals surface area (Å²) in [6.45, 7) is 4.75. The van der Waals surface area contributed by atoms with E-state index in [9.17, 15) is 18.0 Å². The standard InChI is InChI=1S/C23H23F3N2O2/c24-23(25,26)20-5-1-17(2-6-20)4-8-22(29)28-12-10-27(11-13-28)16-18-3-7-21-19(15-18)9-14-30-21/h1-8,15H,9-14,16H2/p+1/b8-4+. The molecular formula is C23H24F3N2O2+. The van der Waals surface area contributed by atoms with Crippen molar-refractivity contribution in [2.24, 2.45) is 0 Å². The van der Waals surface area contributed by atoms with Gasteiger partial charge in [-0.3, -0.25) is 4.79 Å². The van der Waals surface area contributed by atoms with Crippen LogP contribution in [0.15, 0.2) is 48.5 Å². The van der Waals surface area contributed by atoms with E-state index in [2.05, 4.69) is 12.1 Å². The zero-order valence-electron chi connectivity index (χ0n) is 16.5. The molecule has 2 aromatic rings. The fourth-order valence-electron chi connectivity index (χ4n) is 3.91. The number of hydrogen-bond acceptors (Lipinski definition) is 2. The van der Waals surface area contributed by atoms with E-state index in [1.807, 2.05) is 6.07 Å². The smallest absolute Gasteiger partial charge is 0.416 e. The molecule has 2 aliphatic rings. The Morgan fingerprint density at radius 2 is 1.83 bits per heavy atom. The van der Waals surface area contributed by atoms with E-state index in [0.29, 0.717) is 18.7 Å². The van der Waals surface area contributed by atoms with Crippen LogP contribution in [0.5, 0.6) is 5.75 Å². The largest absolute Gasteiger partial charge is 0.493 e. The zero-order chi connectivity index (χ0) is 21.1. The van der Waals surface area contributed by atoms with E-state index in [0.717, 1.165) is 50.5 Å². The number of alkyl halides is 3. The molecule has 2 aromatic carbocycles. The molecule has 0 atom stereocenters. The molecule has 30 heavy (non-hydrogen) atoms. The summed E-state index contributed by atoms with van der Waals surface area (Å²) in [5.74, 6) is 0.882. The number of hydrogen-bond donors (Lipinski definition) is 1. The van der Waals surface area contributed by atoms with Crippen molar-refractivity contribution in [3.8, 4) is 5.75 Å². The van der Waals surface area contributed by atoms with Crippen LogP contribution >= 0.6 is 0 Å². The van der Waals surface area contributed by atoms with Crippen LogP contribution < -0.4 is 9.64 Å². The number of ether oxygens (including phenoxy) is 1. The van der Waals surface area contributed by atoms with Crippen molar-refractivity contribution in [2.75, 3.05) is 32.8 Å². The van der Waals surface area contributed by atoms with Crippen molar-refractivity contribution in [1.29, 1.82) is 0 Å². The second-order valence-corrected chi connectivity index (χ2v) is 7.75. The SMILES string of the molecule is O=C(/C=C/c1ccc(C(F)(F)F)cc1)N1CC[NH+](Cc2ccc3c(c2)CCO3)CC1. The normalized spacial score (nSPS) is 17.2. The number of carbonyl (C=O) groups excluding carboxylic acids is 1. The molecule has 0 aromatic heterocycles. The minimum absolute atomic E-state index is 0.108. The van der Waals surface area contributed by atoms with Crippen LogP contribution in [0.2, 0.25) is 0 Å². The lowest BCUT2D eigenvalue weighted by Gasteiger charge is -2.31. The van der Waals surface area contributed by atoms with Gasteiger partial charge in [-0.2, -0.15) is 13.2 Å². The van der Waals surface area contributed by atoms with Gasteiger partial charge in [0.25, 0.3) is 0 Å². The second-order valence-electron chi connectivity index (χ2n) is 7.75. The second kappa shape index (κ2) is 8.52. The van der Waals surface area contributed by atoms with E-state index in [-0.39, 0.29) is 5.91 Å². The summed E-state index contributed by atoms with van der Waals surface area (Å²) >= 11 is 0. The monoisotopic (exact) mass is 417 g/mol. The van der Waals surface area contributed by atoms with Crippen molar-refractivity contribution >= 4 is 12.0 Å². The minimum Gasteiger partial charge on any atom is -0.493 e. The van der Waals surface area contributed by atoms with Crippen LogP contribution in [0.1, 0.15) is 22.3 Å². The molecule has 0 unspecified atom stereocenters. The predicted molar refractivity (Wildman–Crippen MR) is 107 cm³/mol. The lowest BCUT2D eigenvalue weighted by atomic mass is 10.1. The van der Waals surface area contributed by atoms with E-state index in [1.54, 1.807) is 11.0 Å². The molecule has 0 saturated carbocycles. The van der Waals surface area contributed by atoms with Gasteiger partial charge >= 0.3 is 6.18 Å². The Kier molecular flexibility index (Phi) is 5.81. The fraction of sp³-hybridized carbons (Fsp3) is 0.348. The highest BCUT2D eigenvalue weighted by atomic mass is 19.4. The first kappa shape index (κ1) is 20.5. The number of halogens is 3. The zero-order valence-corrected chi connectivity index (χ0v) is 16.5. The number of piperazine rings is 1. The summed E-state index contributed by atoms with van der Waals surface area (Å²) in [5.41, 5.74) is 2.44. The third-order valence-corrected chi connectivity index (χ3v) is 5.65. The first-order valence-electron chi connectivity index (χ1n) is 10.1. The molecule has 4 rings (SSSR count). The average molecular weight is 417 g/mol. The Bertz CT molecular complexity index is 930. The quantitative estimate of drug-likeness (QED) is 0.776. The van der Waals surface area contributed by atoms with Crippen LogP contribution in [0.3, 0.4) is 0 Å². The fourth-order valence-corrected chi connectivity index (χ4v) is 3.91. The molecule has 0 spiro atoms. The van der Waals surface area contributed by atoms with Gasteiger partial charge in [0, 0.05) is 18.1 Å². The summed E-state index contributed by atoms with van der Waals surface area (Å²) in [5, 5.41) is 0. The molecular weight excluding hydrogens is 393 g/mol. The molecule has 4 nitrogen and oxygen atoms in total. The van der Waals surface area contributed by atoms with Crippen LogP contribution in [0, 0.1) is 0 Å². The Balaban J connectivity index is 1.27. The van der Waals surface area contributed by atoms with Crippen LogP contribution in [-0.4, -0.2) is 43.6 Å². The third-order valence-electron chi connectivity index (χ3n) is 5.65. The van der Waals surface area contributed by atoms with Gasteiger partial charge in [0.2, 0.25) is 5.91 Å². The van der Waals surface area contributed by atoms with Gasteiger partial charge in [-0.1, -0.05) is 12.1 Å². The van der Waals surface area contributed by atoms with Gasteiger partial charge < -0.3 is 14.5 Å². The van der Waals surface area contributed by atoms with Gasteiger partial charge in [0.05, 0.1) is 38.3 Å². The maximum Gasteiger partial charge on any atom is 0.416 e. The molecule has 0 aliphatic carbocycles.